The maximum Gasteiger partial charge on any atom is 0.165 e. The topological polar surface area (TPSA) is 69.6 Å². The van der Waals surface area contributed by atoms with Crippen molar-refractivity contribution in [3.63, 3.8) is 0 Å². The number of rotatable bonds is 8. The molecule has 0 heterocycles. The largest absolute Gasteiger partial charge is 0.776 e. The van der Waals surface area contributed by atoms with Crippen LogP contribution in [-0.4, -0.2) is 17.1 Å². The van der Waals surface area contributed by atoms with Crippen molar-refractivity contribution >= 4 is 7.60 Å². The fraction of sp³-hybridized carbons (Fsp3) is 1.00. The SMILES string of the molecule is CCCCC(CC)COP(=O)([O-])C(C)(C)O. The van der Waals surface area contributed by atoms with Crippen molar-refractivity contribution in [3.05, 3.63) is 0 Å². The summed E-state index contributed by atoms with van der Waals surface area (Å²) in [4.78, 5) is 11.5. The highest BCUT2D eigenvalue weighted by atomic mass is 31.2. The summed E-state index contributed by atoms with van der Waals surface area (Å²) in [6.45, 7) is 6.76. The first-order valence-electron chi connectivity index (χ1n) is 5.92. The molecule has 0 bridgehead atoms. The van der Waals surface area contributed by atoms with Gasteiger partial charge in [0.15, 0.2) is 7.60 Å². The molecule has 0 aliphatic rings. The van der Waals surface area contributed by atoms with E-state index >= 15 is 0 Å². The van der Waals surface area contributed by atoms with Crippen LogP contribution in [-0.2, 0) is 9.09 Å². The van der Waals surface area contributed by atoms with Crippen molar-refractivity contribution in [1.82, 2.24) is 0 Å². The van der Waals surface area contributed by atoms with E-state index in [0.717, 1.165) is 25.7 Å². The van der Waals surface area contributed by atoms with Crippen LogP contribution >= 0.6 is 7.60 Å². The lowest BCUT2D eigenvalue weighted by molar-refractivity contribution is -0.215. The monoisotopic (exact) mass is 251 g/mol. The fourth-order valence-electron chi connectivity index (χ4n) is 1.26. The van der Waals surface area contributed by atoms with Crippen molar-refractivity contribution in [2.24, 2.45) is 5.92 Å². The third kappa shape index (κ3) is 5.44. The van der Waals surface area contributed by atoms with Crippen LogP contribution in [0, 0.1) is 5.92 Å². The standard InChI is InChI=1S/C11H25O4P/c1-5-7-8-10(6-2)9-15-16(13,14)11(3,4)12/h10,12H,5-9H2,1-4H3,(H,13,14)/p-1. The summed E-state index contributed by atoms with van der Waals surface area (Å²) in [7, 11) is -4.17. The first-order valence-corrected chi connectivity index (χ1v) is 7.47. The van der Waals surface area contributed by atoms with Crippen LogP contribution in [0.25, 0.3) is 0 Å². The molecule has 0 saturated heterocycles. The lowest BCUT2D eigenvalue weighted by Gasteiger charge is -2.35. The van der Waals surface area contributed by atoms with E-state index in [0.29, 0.717) is 0 Å². The van der Waals surface area contributed by atoms with E-state index < -0.39 is 12.9 Å². The molecule has 0 aliphatic heterocycles. The third-order valence-corrected chi connectivity index (χ3v) is 4.52. The number of hydrogen-bond donors (Lipinski definition) is 1. The van der Waals surface area contributed by atoms with Gasteiger partial charge in [0.25, 0.3) is 0 Å². The minimum Gasteiger partial charge on any atom is -0.776 e. The molecule has 0 aliphatic carbocycles. The molecule has 16 heavy (non-hydrogen) atoms. The van der Waals surface area contributed by atoms with Crippen LogP contribution in [0.15, 0.2) is 0 Å². The molecule has 0 rings (SSSR count). The predicted octanol–water partition coefficient (Wildman–Crippen LogP) is 2.50. The second-order valence-corrected chi connectivity index (χ2v) is 7.05. The zero-order valence-corrected chi connectivity index (χ0v) is 11.6. The van der Waals surface area contributed by atoms with Gasteiger partial charge in [0.2, 0.25) is 0 Å². The molecule has 4 nitrogen and oxygen atoms in total. The Morgan fingerprint density at radius 2 is 2.00 bits per heavy atom. The second-order valence-electron chi connectivity index (χ2n) is 4.70. The molecule has 2 atom stereocenters. The zero-order chi connectivity index (χ0) is 12.8. The van der Waals surface area contributed by atoms with Gasteiger partial charge in [-0.25, -0.2) is 0 Å². The van der Waals surface area contributed by atoms with Gasteiger partial charge in [-0.05, 0) is 26.2 Å². The zero-order valence-electron chi connectivity index (χ0n) is 10.7. The molecular formula is C11H24O4P-. The summed E-state index contributed by atoms with van der Waals surface area (Å²) in [5, 5.41) is 7.61. The van der Waals surface area contributed by atoms with Crippen LogP contribution in [0.1, 0.15) is 53.4 Å². The fourth-order valence-corrected chi connectivity index (χ4v) is 1.98. The molecule has 0 aromatic rings. The van der Waals surface area contributed by atoms with Crippen LogP contribution in [0.3, 0.4) is 0 Å². The van der Waals surface area contributed by atoms with Crippen LogP contribution in [0.4, 0.5) is 0 Å². The Morgan fingerprint density at radius 1 is 1.44 bits per heavy atom. The summed E-state index contributed by atoms with van der Waals surface area (Å²) < 4.78 is 16.4. The van der Waals surface area contributed by atoms with Crippen molar-refractivity contribution < 1.29 is 19.1 Å². The van der Waals surface area contributed by atoms with Gasteiger partial charge in [-0.3, -0.25) is 0 Å². The van der Waals surface area contributed by atoms with Gasteiger partial charge >= 0.3 is 0 Å². The summed E-state index contributed by atoms with van der Waals surface area (Å²) in [6.07, 6.45) is 4.04. The quantitative estimate of drug-likeness (QED) is 0.673. The smallest absolute Gasteiger partial charge is 0.165 e. The Hall–Kier alpha value is 0.110. The van der Waals surface area contributed by atoms with Gasteiger partial charge in [-0.15, -0.1) is 0 Å². The average Bonchev–Trinajstić information content (AvgIpc) is 2.16. The number of aliphatic hydroxyl groups is 1. The van der Waals surface area contributed by atoms with Gasteiger partial charge in [0.1, 0.15) is 5.34 Å². The molecule has 0 spiro atoms. The molecule has 0 aromatic heterocycles. The van der Waals surface area contributed by atoms with E-state index in [1.807, 2.05) is 6.92 Å². The second kappa shape index (κ2) is 6.75. The van der Waals surface area contributed by atoms with Gasteiger partial charge in [-0.2, -0.15) is 0 Å². The highest BCUT2D eigenvalue weighted by Crippen LogP contribution is 2.49. The van der Waals surface area contributed by atoms with Crippen molar-refractivity contribution in [3.8, 4) is 0 Å². The van der Waals surface area contributed by atoms with E-state index in [9.17, 15) is 14.6 Å². The Labute approximate surface area is 98.6 Å². The van der Waals surface area contributed by atoms with E-state index in [2.05, 4.69) is 6.92 Å². The average molecular weight is 251 g/mol. The third-order valence-electron chi connectivity index (χ3n) is 2.69. The molecule has 0 aromatic carbocycles. The predicted molar refractivity (Wildman–Crippen MR) is 63.2 cm³/mol. The first kappa shape index (κ1) is 16.1. The summed E-state index contributed by atoms with van der Waals surface area (Å²) >= 11 is 0. The summed E-state index contributed by atoms with van der Waals surface area (Å²) in [5.41, 5.74) is 0. The molecular weight excluding hydrogens is 227 g/mol. The Kier molecular flexibility index (Phi) is 6.80. The molecule has 0 fully saturated rings. The molecule has 0 saturated carbocycles. The summed E-state index contributed by atoms with van der Waals surface area (Å²) in [5.74, 6) is 0.254. The van der Waals surface area contributed by atoms with Crippen LogP contribution < -0.4 is 4.89 Å². The van der Waals surface area contributed by atoms with Crippen molar-refractivity contribution in [2.75, 3.05) is 6.61 Å². The minimum atomic E-state index is -4.17. The highest BCUT2D eigenvalue weighted by Gasteiger charge is 2.29. The molecule has 98 valence electrons. The summed E-state index contributed by atoms with van der Waals surface area (Å²) in [6, 6.07) is 0. The Bertz CT molecular complexity index is 235. The molecule has 1 N–H and O–H groups in total. The van der Waals surface area contributed by atoms with E-state index in [1.165, 1.54) is 13.8 Å². The lowest BCUT2D eigenvalue weighted by Crippen LogP contribution is -2.29. The van der Waals surface area contributed by atoms with Crippen LogP contribution in [0.2, 0.25) is 0 Å². The van der Waals surface area contributed by atoms with E-state index in [1.54, 1.807) is 0 Å². The van der Waals surface area contributed by atoms with Gasteiger partial charge in [-0.1, -0.05) is 33.1 Å². The van der Waals surface area contributed by atoms with Crippen molar-refractivity contribution in [1.29, 1.82) is 0 Å². The van der Waals surface area contributed by atoms with E-state index in [-0.39, 0.29) is 12.5 Å². The molecule has 2 unspecified atom stereocenters. The lowest BCUT2D eigenvalue weighted by atomic mass is 10.0. The van der Waals surface area contributed by atoms with E-state index in [4.69, 9.17) is 4.52 Å². The number of hydrogen-bond acceptors (Lipinski definition) is 4. The first-order chi connectivity index (χ1) is 7.24. The maximum atomic E-state index is 11.5. The normalized spacial score (nSPS) is 18.1. The Morgan fingerprint density at radius 3 is 2.38 bits per heavy atom. The van der Waals surface area contributed by atoms with Crippen molar-refractivity contribution in [2.45, 2.75) is 58.7 Å². The molecule has 5 heteroatoms. The molecule has 0 radical (unpaired) electrons. The van der Waals surface area contributed by atoms with Gasteiger partial charge in [0.05, 0.1) is 6.61 Å². The molecule has 0 amide bonds. The maximum absolute atomic E-state index is 11.5. The van der Waals surface area contributed by atoms with Crippen LogP contribution in [0.5, 0.6) is 0 Å². The Balaban J connectivity index is 4.15. The van der Waals surface area contributed by atoms with Gasteiger partial charge < -0.3 is 19.1 Å². The van der Waals surface area contributed by atoms with Gasteiger partial charge in [0, 0.05) is 0 Å². The number of unbranched alkanes of at least 4 members (excludes halogenated alkanes) is 1. The highest BCUT2D eigenvalue weighted by molar-refractivity contribution is 7.52. The minimum absolute atomic E-state index is 0.182.